The van der Waals surface area contributed by atoms with Crippen LogP contribution in [0.1, 0.15) is 11.8 Å². The molecule has 2 rings (SSSR count). The van der Waals surface area contributed by atoms with E-state index in [1.165, 1.54) is 11.3 Å². The van der Waals surface area contributed by atoms with Gasteiger partial charge in [-0.2, -0.15) is 5.10 Å². The van der Waals surface area contributed by atoms with Gasteiger partial charge in [0.05, 0.1) is 34.3 Å². The number of hydrogen-bond acceptors (Lipinski definition) is 5. The molecule has 2 N–H and O–H groups in total. The summed E-state index contributed by atoms with van der Waals surface area (Å²) in [5.74, 6) is 0.441. The van der Waals surface area contributed by atoms with Crippen LogP contribution in [0.2, 0.25) is 4.34 Å². The Morgan fingerprint density at radius 2 is 2.09 bits per heavy atom. The Morgan fingerprint density at radius 3 is 2.77 bits per heavy atom. The van der Waals surface area contributed by atoms with Crippen LogP contribution in [0, 0.1) is 0 Å². The highest BCUT2D eigenvalue weighted by molar-refractivity contribution is 7.18. The number of carbonyl (C=O) groups excluding carboxylic acids is 1. The third-order valence-corrected chi connectivity index (χ3v) is 4.16. The fourth-order valence-corrected chi connectivity index (χ4v) is 2.70. The van der Waals surface area contributed by atoms with Crippen LogP contribution in [0.5, 0.6) is 5.75 Å². The van der Waals surface area contributed by atoms with E-state index >= 15 is 0 Å². The number of benzene rings is 1. The maximum Gasteiger partial charge on any atom is 0.259 e. The topological polar surface area (TPSA) is 62.7 Å². The van der Waals surface area contributed by atoms with Crippen molar-refractivity contribution >= 4 is 40.2 Å². The zero-order valence-electron chi connectivity index (χ0n) is 12.2. The lowest BCUT2D eigenvalue weighted by atomic mass is 10.3. The molecule has 1 aromatic carbocycles. The SMILES string of the molecule is COc1ccccc1NCC(=O)NN=C(C)c1ccc(Cl)s1. The van der Waals surface area contributed by atoms with Gasteiger partial charge in [0, 0.05) is 0 Å². The zero-order valence-corrected chi connectivity index (χ0v) is 13.8. The summed E-state index contributed by atoms with van der Waals surface area (Å²) in [7, 11) is 1.58. The summed E-state index contributed by atoms with van der Waals surface area (Å²) in [4.78, 5) is 12.7. The summed E-state index contributed by atoms with van der Waals surface area (Å²) in [6.45, 7) is 1.92. The second kappa shape index (κ2) is 7.82. The molecule has 0 atom stereocenters. The van der Waals surface area contributed by atoms with Crippen LogP contribution >= 0.6 is 22.9 Å². The number of carbonyl (C=O) groups is 1. The molecule has 0 saturated carbocycles. The van der Waals surface area contributed by atoms with Gasteiger partial charge in [0.1, 0.15) is 5.75 Å². The standard InChI is InChI=1S/C15H16ClN3O2S/c1-10(13-7-8-14(16)22-13)18-19-15(20)9-17-11-5-3-4-6-12(11)21-2/h3-8,17H,9H2,1-2H3,(H,19,20). The van der Waals surface area contributed by atoms with Gasteiger partial charge >= 0.3 is 0 Å². The van der Waals surface area contributed by atoms with Crippen LogP contribution in [-0.4, -0.2) is 25.3 Å². The summed E-state index contributed by atoms with van der Waals surface area (Å²) in [6.07, 6.45) is 0. The van der Waals surface area contributed by atoms with Crippen LogP contribution in [0.15, 0.2) is 41.5 Å². The number of hydrogen-bond donors (Lipinski definition) is 2. The second-order valence-corrected chi connectivity index (χ2v) is 6.10. The molecule has 116 valence electrons. The molecule has 22 heavy (non-hydrogen) atoms. The van der Waals surface area contributed by atoms with Crippen molar-refractivity contribution in [2.45, 2.75) is 6.92 Å². The molecule has 0 aliphatic rings. The van der Waals surface area contributed by atoms with E-state index in [-0.39, 0.29) is 12.5 Å². The van der Waals surface area contributed by atoms with Gasteiger partial charge in [-0.15, -0.1) is 11.3 Å². The van der Waals surface area contributed by atoms with Crippen LogP contribution in [0.4, 0.5) is 5.69 Å². The predicted octanol–water partition coefficient (Wildman–Crippen LogP) is 3.36. The molecular formula is C15H16ClN3O2S. The minimum Gasteiger partial charge on any atom is -0.495 e. The lowest BCUT2D eigenvalue weighted by Crippen LogP contribution is -2.26. The van der Waals surface area contributed by atoms with Crippen molar-refractivity contribution in [3.8, 4) is 5.75 Å². The molecule has 0 aliphatic carbocycles. The van der Waals surface area contributed by atoms with Gasteiger partial charge in [-0.05, 0) is 31.2 Å². The van der Waals surface area contributed by atoms with Gasteiger partial charge in [-0.1, -0.05) is 23.7 Å². The van der Waals surface area contributed by atoms with Gasteiger partial charge in [0.25, 0.3) is 5.91 Å². The van der Waals surface area contributed by atoms with Crippen molar-refractivity contribution in [3.63, 3.8) is 0 Å². The Labute approximate surface area is 137 Å². The summed E-state index contributed by atoms with van der Waals surface area (Å²) in [5, 5.41) is 7.07. The number of hydrazone groups is 1. The number of methoxy groups -OCH3 is 1. The largest absolute Gasteiger partial charge is 0.495 e. The van der Waals surface area contributed by atoms with E-state index in [4.69, 9.17) is 16.3 Å². The maximum absolute atomic E-state index is 11.8. The van der Waals surface area contributed by atoms with Crippen molar-refractivity contribution in [1.82, 2.24) is 5.43 Å². The Balaban J connectivity index is 1.88. The number of ether oxygens (including phenoxy) is 1. The minimum absolute atomic E-state index is 0.0996. The molecule has 0 spiro atoms. The molecule has 0 saturated heterocycles. The quantitative estimate of drug-likeness (QED) is 0.627. The monoisotopic (exact) mass is 337 g/mol. The molecule has 0 unspecified atom stereocenters. The fourth-order valence-electron chi connectivity index (χ4n) is 1.72. The third kappa shape index (κ3) is 4.47. The number of nitrogens with one attached hydrogen (secondary N) is 2. The Hall–Kier alpha value is -2.05. The first-order valence-electron chi connectivity index (χ1n) is 6.56. The van der Waals surface area contributed by atoms with E-state index in [1.807, 2.05) is 37.3 Å². The van der Waals surface area contributed by atoms with E-state index in [0.29, 0.717) is 15.8 Å². The van der Waals surface area contributed by atoms with E-state index in [9.17, 15) is 4.79 Å². The summed E-state index contributed by atoms with van der Waals surface area (Å²) < 4.78 is 5.89. The first-order valence-corrected chi connectivity index (χ1v) is 7.75. The molecule has 0 aliphatic heterocycles. The number of anilines is 1. The smallest absolute Gasteiger partial charge is 0.259 e. The molecule has 2 aromatic rings. The molecule has 0 bridgehead atoms. The Morgan fingerprint density at radius 1 is 1.32 bits per heavy atom. The molecular weight excluding hydrogens is 322 g/mol. The number of amides is 1. The Kier molecular flexibility index (Phi) is 5.80. The average Bonchev–Trinajstić information content (AvgIpc) is 2.97. The molecule has 0 fully saturated rings. The van der Waals surface area contributed by atoms with E-state index in [2.05, 4.69) is 15.8 Å². The fraction of sp³-hybridized carbons (Fsp3) is 0.200. The van der Waals surface area contributed by atoms with Crippen molar-refractivity contribution in [2.24, 2.45) is 5.10 Å². The normalized spacial score (nSPS) is 11.1. The van der Waals surface area contributed by atoms with Crippen LogP contribution in [0.25, 0.3) is 0 Å². The second-order valence-electron chi connectivity index (χ2n) is 4.39. The maximum atomic E-state index is 11.8. The van der Waals surface area contributed by atoms with Crippen LogP contribution in [-0.2, 0) is 4.79 Å². The first-order chi connectivity index (χ1) is 10.6. The Bertz CT molecular complexity index is 685. The third-order valence-electron chi connectivity index (χ3n) is 2.82. The van der Waals surface area contributed by atoms with E-state index in [0.717, 1.165) is 10.6 Å². The van der Waals surface area contributed by atoms with Crippen molar-refractivity contribution < 1.29 is 9.53 Å². The predicted molar refractivity (Wildman–Crippen MR) is 91.2 cm³/mol. The lowest BCUT2D eigenvalue weighted by Gasteiger charge is -2.09. The highest BCUT2D eigenvalue weighted by Crippen LogP contribution is 2.23. The van der Waals surface area contributed by atoms with Gasteiger partial charge in [0.2, 0.25) is 0 Å². The minimum atomic E-state index is -0.243. The number of rotatable bonds is 6. The van der Waals surface area contributed by atoms with Gasteiger partial charge in [-0.25, -0.2) is 5.43 Å². The molecule has 5 nitrogen and oxygen atoms in total. The van der Waals surface area contributed by atoms with Crippen molar-refractivity contribution in [2.75, 3.05) is 19.0 Å². The number of nitrogens with zero attached hydrogens (tertiary/aromatic N) is 1. The zero-order chi connectivity index (χ0) is 15.9. The van der Waals surface area contributed by atoms with Crippen molar-refractivity contribution in [3.05, 3.63) is 45.6 Å². The molecule has 1 heterocycles. The summed E-state index contributed by atoms with van der Waals surface area (Å²) in [5.41, 5.74) is 3.97. The van der Waals surface area contributed by atoms with E-state index in [1.54, 1.807) is 13.2 Å². The van der Waals surface area contributed by atoms with Crippen LogP contribution < -0.4 is 15.5 Å². The molecule has 0 radical (unpaired) electrons. The number of halogens is 1. The van der Waals surface area contributed by atoms with Crippen LogP contribution in [0.3, 0.4) is 0 Å². The highest BCUT2D eigenvalue weighted by atomic mass is 35.5. The summed E-state index contributed by atoms with van der Waals surface area (Å²) >= 11 is 7.28. The van der Waals surface area contributed by atoms with E-state index < -0.39 is 0 Å². The molecule has 7 heteroatoms. The van der Waals surface area contributed by atoms with Gasteiger partial charge in [-0.3, -0.25) is 4.79 Å². The molecule has 1 amide bonds. The van der Waals surface area contributed by atoms with Crippen molar-refractivity contribution in [1.29, 1.82) is 0 Å². The number of para-hydroxylation sites is 2. The lowest BCUT2D eigenvalue weighted by molar-refractivity contribution is -0.119. The first kappa shape index (κ1) is 16.3. The van der Waals surface area contributed by atoms with Gasteiger partial charge in [0.15, 0.2) is 0 Å². The highest BCUT2D eigenvalue weighted by Gasteiger charge is 2.05. The molecule has 1 aromatic heterocycles. The number of thiophene rings is 1. The van der Waals surface area contributed by atoms with Gasteiger partial charge < -0.3 is 10.1 Å². The average molecular weight is 338 g/mol. The summed E-state index contributed by atoms with van der Waals surface area (Å²) in [6, 6.07) is 11.1.